The van der Waals surface area contributed by atoms with Crippen LogP contribution in [0.5, 0.6) is 0 Å². The summed E-state index contributed by atoms with van der Waals surface area (Å²) in [7, 11) is 0. The molecule has 2 rings (SSSR count). The number of carbonyl (C=O) groups excluding carboxylic acids is 1. The number of nitrogen functional groups attached to an aromatic ring is 1. The van der Waals surface area contributed by atoms with Crippen molar-refractivity contribution >= 4 is 17.2 Å². The minimum atomic E-state index is -0.0202. The monoisotopic (exact) mass is 276 g/mol. The van der Waals surface area contributed by atoms with Crippen LogP contribution in [0.2, 0.25) is 0 Å². The summed E-state index contributed by atoms with van der Waals surface area (Å²) in [5, 5.41) is 13.0. The van der Waals surface area contributed by atoms with E-state index in [2.05, 4.69) is 5.32 Å². The molecule has 0 unspecified atom stereocenters. The molecule has 0 bridgehead atoms. The lowest BCUT2D eigenvalue weighted by Crippen LogP contribution is -2.35. The summed E-state index contributed by atoms with van der Waals surface area (Å²) in [6.07, 6.45) is 5.78. The normalized spacial score (nSPS) is 17.7. The van der Waals surface area contributed by atoms with Crippen molar-refractivity contribution in [2.75, 3.05) is 24.2 Å². The number of carbonyl (C=O) groups is 1. The zero-order valence-electron chi connectivity index (χ0n) is 12.1. The Morgan fingerprint density at radius 1 is 1.35 bits per heavy atom. The first-order valence-corrected chi connectivity index (χ1v) is 7.31. The van der Waals surface area contributed by atoms with Crippen molar-refractivity contribution in [1.29, 1.82) is 0 Å². The van der Waals surface area contributed by atoms with Gasteiger partial charge in [0, 0.05) is 28.9 Å². The van der Waals surface area contributed by atoms with E-state index in [9.17, 15) is 9.90 Å². The van der Waals surface area contributed by atoms with Crippen LogP contribution in [0, 0.1) is 5.41 Å². The van der Waals surface area contributed by atoms with Gasteiger partial charge in [0.15, 0.2) is 5.78 Å². The number of anilines is 2. The fourth-order valence-electron chi connectivity index (χ4n) is 2.98. The average molecular weight is 276 g/mol. The molecule has 0 amide bonds. The van der Waals surface area contributed by atoms with Crippen LogP contribution in [-0.2, 0) is 0 Å². The van der Waals surface area contributed by atoms with Gasteiger partial charge in [-0.1, -0.05) is 19.3 Å². The van der Waals surface area contributed by atoms with Crippen molar-refractivity contribution in [3.63, 3.8) is 0 Å². The van der Waals surface area contributed by atoms with Crippen molar-refractivity contribution in [2.45, 2.75) is 39.0 Å². The molecule has 110 valence electrons. The zero-order chi connectivity index (χ0) is 14.6. The lowest BCUT2D eigenvalue weighted by Gasteiger charge is -2.36. The van der Waals surface area contributed by atoms with E-state index in [4.69, 9.17) is 5.73 Å². The highest BCUT2D eigenvalue weighted by molar-refractivity contribution is 5.99. The quantitative estimate of drug-likeness (QED) is 0.571. The molecule has 4 nitrogen and oxygen atoms in total. The van der Waals surface area contributed by atoms with E-state index in [1.54, 1.807) is 12.1 Å². The summed E-state index contributed by atoms with van der Waals surface area (Å²) < 4.78 is 0. The van der Waals surface area contributed by atoms with Crippen molar-refractivity contribution < 1.29 is 9.90 Å². The van der Waals surface area contributed by atoms with Gasteiger partial charge in [0.2, 0.25) is 0 Å². The average Bonchev–Trinajstić information content (AvgIpc) is 2.46. The third kappa shape index (κ3) is 3.31. The summed E-state index contributed by atoms with van der Waals surface area (Å²) in [6.45, 7) is 2.49. The smallest absolute Gasteiger partial charge is 0.161 e. The number of ketones is 1. The Kier molecular flexibility index (Phi) is 4.65. The molecular weight excluding hydrogens is 252 g/mol. The fraction of sp³-hybridized carbons (Fsp3) is 0.562. The van der Waals surface area contributed by atoms with Gasteiger partial charge in [-0.2, -0.15) is 0 Å². The highest BCUT2D eigenvalue weighted by Gasteiger charge is 2.31. The van der Waals surface area contributed by atoms with Crippen molar-refractivity contribution in [2.24, 2.45) is 5.41 Å². The van der Waals surface area contributed by atoms with Crippen molar-refractivity contribution in [1.82, 2.24) is 0 Å². The molecule has 0 aromatic heterocycles. The Bertz CT molecular complexity index is 479. The maximum absolute atomic E-state index is 11.3. The first kappa shape index (κ1) is 14.9. The molecule has 1 fully saturated rings. The first-order valence-electron chi connectivity index (χ1n) is 7.31. The van der Waals surface area contributed by atoms with Gasteiger partial charge in [-0.25, -0.2) is 0 Å². The second kappa shape index (κ2) is 6.27. The molecule has 0 saturated heterocycles. The number of Topliss-reactive ketones (excluding diaryl/α,β-unsaturated/α-hetero) is 1. The second-order valence-corrected chi connectivity index (χ2v) is 5.93. The molecule has 20 heavy (non-hydrogen) atoms. The van der Waals surface area contributed by atoms with Crippen LogP contribution in [0.1, 0.15) is 49.4 Å². The highest BCUT2D eigenvalue weighted by atomic mass is 16.3. The summed E-state index contributed by atoms with van der Waals surface area (Å²) in [5.74, 6) is -0.0202. The number of hydrogen-bond donors (Lipinski definition) is 3. The summed E-state index contributed by atoms with van der Waals surface area (Å²) >= 11 is 0. The minimum absolute atomic E-state index is 0.00768. The van der Waals surface area contributed by atoms with Gasteiger partial charge in [-0.3, -0.25) is 4.79 Å². The molecule has 4 N–H and O–H groups in total. The Balaban J connectivity index is 2.03. The number of rotatable bonds is 5. The van der Waals surface area contributed by atoms with E-state index in [1.165, 1.54) is 26.2 Å². The maximum atomic E-state index is 11.3. The topological polar surface area (TPSA) is 75.3 Å². The van der Waals surface area contributed by atoms with E-state index >= 15 is 0 Å². The van der Waals surface area contributed by atoms with Gasteiger partial charge in [0.25, 0.3) is 0 Å². The number of nitrogens with one attached hydrogen (secondary N) is 1. The summed E-state index contributed by atoms with van der Waals surface area (Å²) in [6, 6.07) is 5.43. The number of hydrogen-bond acceptors (Lipinski definition) is 4. The molecule has 1 aromatic carbocycles. The molecule has 0 heterocycles. The van der Waals surface area contributed by atoms with Gasteiger partial charge in [-0.05, 0) is 38.0 Å². The lowest BCUT2D eigenvalue weighted by atomic mass is 9.74. The van der Waals surface area contributed by atoms with Gasteiger partial charge in [0.05, 0.1) is 6.61 Å². The Hall–Kier alpha value is -1.55. The van der Waals surface area contributed by atoms with Crippen molar-refractivity contribution in [3.8, 4) is 0 Å². The van der Waals surface area contributed by atoms with E-state index in [-0.39, 0.29) is 17.8 Å². The molecule has 1 aromatic rings. The first-order chi connectivity index (χ1) is 9.56. The lowest BCUT2D eigenvalue weighted by molar-refractivity contribution is 0.0944. The SMILES string of the molecule is CC(=O)c1ccc(NCC2(CO)CCCCC2)cc1N. The Labute approximate surface area is 120 Å². The number of nitrogens with two attached hydrogens (primary N) is 1. The van der Waals surface area contributed by atoms with E-state index in [0.29, 0.717) is 11.3 Å². The Morgan fingerprint density at radius 3 is 2.60 bits per heavy atom. The largest absolute Gasteiger partial charge is 0.398 e. The van der Waals surface area contributed by atoms with Gasteiger partial charge in [-0.15, -0.1) is 0 Å². The van der Waals surface area contributed by atoms with Crippen LogP contribution in [-0.4, -0.2) is 24.0 Å². The van der Waals surface area contributed by atoms with Gasteiger partial charge < -0.3 is 16.2 Å². The second-order valence-electron chi connectivity index (χ2n) is 5.93. The fourth-order valence-corrected chi connectivity index (χ4v) is 2.98. The van der Waals surface area contributed by atoms with E-state index in [1.807, 2.05) is 6.07 Å². The molecule has 0 radical (unpaired) electrons. The van der Waals surface area contributed by atoms with Crippen LogP contribution in [0.15, 0.2) is 18.2 Å². The molecule has 1 aliphatic carbocycles. The molecule has 0 atom stereocenters. The standard InChI is InChI=1S/C16H24N2O2/c1-12(20)14-6-5-13(9-15(14)17)18-10-16(11-19)7-3-2-4-8-16/h5-6,9,18-19H,2-4,7-8,10-11,17H2,1H3. The minimum Gasteiger partial charge on any atom is -0.398 e. The van der Waals surface area contributed by atoms with Crippen LogP contribution in [0.25, 0.3) is 0 Å². The molecule has 1 aliphatic rings. The highest BCUT2D eigenvalue weighted by Crippen LogP contribution is 2.36. The molecule has 1 saturated carbocycles. The molecule has 0 spiro atoms. The number of benzene rings is 1. The zero-order valence-corrected chi connectivity index (χ0v) is 12.1. The third-order valence-corrected chi connectivity index (χ3v) is 4.35. The summed E-state index contributed by atoms with van der Waals surface area (Å²) in [5.41, 5.74) is 7.85. The van der Waals surface area contributed by atoms with Crippen LogP contribution in [0.4, 0.5) is 11.4 Å². The number of aliphatic hydroxyl groups is 1. The summed E-state index contributed by atoms with van der Waals surface area (Å²) in [4.78, 5) is 11.3. The van der Waals surface area contributed by atoms with E-state index < -0.39 is 0 Å². The third-order valence-electron chi connectivity index (χ3n) is 4.35. The van der Waals surface area contributed by atoms with E-state index in [0.717, 1.165) is 25.1 Å². The number of aliphatic hydroxyl groups excluding tert-OH is 1. The van der Waals surface area contributed by atoms with Crippen LogP contribution >= 0.6 is 0 Å². The molecular formula is C16H24N2O2. The molecule has 0 aliphatic heterocycles. The molecule has 4 heteroatoms. The predicted molar refractivity (Wildman–Crippen MR) is 82.0 cm³/mol. The van der Waals surface area contributed by atoms with Gasteiger partial charge >= 0.3 is 0 Å². The maximum Gasteiger partial charge on any atom is 0.161 e. The Morgan fingerprint density at radius 2 is 2.05 bits per heavy atom. The van der Waals surface area contributed by atoms with Crippen LogP contribution < -0.4 is 11.1 Å². The van der Waals surface area contributed by atoms with Crippen molar-refractivity contribution in [3.05, 3.63) is 23.8 Å². The van der Waals surface area contributed by atoms with Gasteiger partial charge in [0.1, 0.15) is 0 Å². The predicted octanol–water partition coefficient (Wildman–Crippen LogP) is 2.83. The van der Waals surface area contributed by atoms with Crippen LogP contribution in [0.3, 0.4) is 0 Å².